The van der Waals surface area contributed by atoms with Crippen LogP contribution in [0.15, 0.2) is 42.7 Å². The summed E-state index contributed by atoms with van der Waals surface area (Å²) in [5, 5.41) is 0. The maximum absolute atomic E-state index is 14.7. The lowest BCUT2D eigenvalue weighted by Gasteiger charge is -2.28. The second kappa shape index (κ2) is 11.5. The Kier molecular flexibility index (Phi) is 8.71. The Morgan fingerprint density at radius 3 is 2.22 bits per heavy atom. The number of allylic oxidation sites excluding steroid dienone is 1. The fourth-order valence-electron chi connectivity index (χ4n) is 4.53. The van der Waals surface area contributed by atoms with Crippen LogP contribution in [0.1, 0.15) is 68.1 Å². The van der Waals surface area contributed by atoms with Crippen LogP contribution >= 0.6 is 0 Å². The van der Waals surface area contributed by atoms with Gasteiger partial charge in [0.25, 0.3) is 6.43 Å². The van der Waals surface area contributed by atoms with Gasteiger partial charge < -0.3 is 4.74 Å². The molecular weight excluding hydrogens is 423 g/mol. The molecule has 6 heteroatoms. The molecule has 0 aliphatic heterocycles. The first-order chi connectivity index (χ1) is 15.4. The number of hydrogen-bond donors (Lipinski definition) is 0. The van der Waals surface area contributed by atoms with Crippen LogP contribution in [-0.4, -0.2) is 6.43 Å². The lowest BCUT2D eigenvalue weighted by atomic mass is 9.77. The zero-order valence-electron chi connectivity index (χ0n) is 18.2. The van der Waals surface area contributed by atoms with Crippen molar-refractivity contribution < 1.29 is 26.7 Å². The summed E-state index contributed by atoms with van der Waals surface area (Å²) in [5.41, 5.74) is 1.86. The first-order valence-corrected chi connectivity index (χ1v) is 11.2. The molecule has 0 unspecified atom stereocenters. The van der Waals surface area contributed by atoms with E-state index in [9.17, 15) is 22.0 Å². The fourth-order valence-corrected chi connectivity index (χ4v) is 4.53. The topological polar surface area (TPSA) is 9.23 Å². The Morgan fingerprint density at radius 2 is 1.62 bits per heavy atom. The Balaban J connectivity index is 1.60. The van der Waals surface area contributed by atoms with Gasteiger partial charge in [0.1, 0.15) is 5.82 Å². The summed E-state index contributed by atoms with van der Waals surface area (Å²) in [6, 6.07) is 7.50. The largest absolute Gasteiger partial charge is 0.459 e. The third-order valence-corrected chi connectivity index (χ3v) is 6.24. The average Bonchev–Trinajstić information content (AvgIpc) is 2.75. The third kappa shape index (κ3) is 6.57. The quantitative estimate of drug-likeness (QED) is 0.276. The highest BCUT2D eigenvalue weighted by Gasteiger charge is 2.22. The van der Waals surface area contributed by atoms with Gasteiger partial charge in [0.15, 0.2) is 17.4 Å². The number of aryl methyl sites for hydroxylation is 2. The Hall–Kier alpha value is -2.37. The summed E-state index contributed by atoms with van der Waals surface area (Å²) in [6.45, 7) is 2.21. The predicted octanol–water partition coefficient (Wildman–Crippen LogP) is 8.12. The van der Waals surface area contributed by atoms with Crippen LogP contribution in [0.3, 0.4) is 0 Å². The Morgan fingerprint density at radius 1 is 0.938 bits per heavy atom. The number of halogens is 5. The molecule has 0 radical (unpaired) electrons. The van der Waals surface area contributed by atoms with Gasteiger partial charge in [0, 0.05) is 6.08 Å². The number of alkyl halides is 2. The molecule has 1 fully saturated rings. The van der Waals surface area contributed by atoms with Crippen molar-refractivity contribution in [1.29, 1.82) is 0 Å². The van der Waals surface area contributed by atoms with Gasteiger partial charge in [0.2, 0.25) is 0 Å². The van der Waals surface area contributed by atoms with Crippen molar-refractivity contribution in [2.75, 3.05) is 0 Å². The standard InChI is InChI=1S/C26H29F5O/c1-2-3-17-4-7-19(8-5-17)21-11-10-20(22(27)16-21)9-6-18-14-23(28)26(24(29)15-18)32-13-12-25(30)31/h10-17,19,25H,2-9H2,1H3. The molecule has 3 rings (SSSR count). The van der Waals surface area contributed by atoms with E-state index in [-0.39, 0.29) is 12.2 Å². The highest BCUT2D eigenvalue weighted by atomic mass is 19.3. The van der Waals surface area contributed by atoms with Gasteiger partial charge in [-0.1, -0.05) is 31.9 Å². The first kappa shape index (κ1) is 24.3. The minimum Gasteiger partial charge on any atom is -0.459 e. The normalized spacial score (nSPS) is 19.1. The molecule has 2 aromatic carbocycles. The van der Waals surface area contributed by atoms with Crippen LogP contribution in [-0.2, 0) is 12.8 Å². The maximum atomic E-state index is 14.7. The van der Waals surface area contributed by atoms with Crippen molar-refractivity contribution in [1.82, 2.24) is 0 Å². The lowest BCUT2D eigenvalue weighted by Crippen LogP contribution is -2.13. The van der Waals surface area contributed by atoms with Gasteiger partial charge in [-0.05, 0) is 85.3 Å². The zero-order chi connectivity index (χ0) is 23.1. The summed E-state index contributed by atoms with van der Waals surface area (Å²) >= 11 is 0. The number of hydrogen-bond acceptors (Lipinski definition) is 1. The molecule has 32 heavy (non-hydrogen) atoms. The van der Waals surface area contributed by atoms with Crippen LogP contribution < -0.4 is 4.74 Å². The molecule has 2 aromatic rings. The Labute approximate surface area is 186 Å². The highest BCUT2D eigenvalue weighted by molar-refractivity contribution is 5.33. The van der Waals surface area contributed by atoms with Gasteiger partial charge in [-0.25, -0.2) is 22.0 Å². The molecule has 1 saturated carbocycles. The van der Waals surface area contributed by atoms with E-state index in [2.05, 4.69) is 11.7 Å². The number of rotatable bonds is 9. The maximum Gasteiger partial charge on any atom is 0.260 e. The van der Waals surface area contributed by atoms with Gasteiger partial charge in [-0.2, -0.15) is 0 Å². The molecule has 0 heterocycles. The van der Waals surface area contributed by atoms with Crippen molar-refractivity contribution in [3.05, 3.63) is 76.8 Å². The van der Waals surface area contributed by atoms with Crippen LogP contribution in [0.2, 0.25) is 0 Å². The van der Waals surface area contributed by atoms with E-state index in [0.29, 0.717) is 35.8 Å². The molecule has 0 bridgehead atoms. The summed E-state index contributed by atoms with van der Waals surface area (Å²) in [4.78, 5) is 0. The summed E-state index contributed by atoms with van der Waals surface area (Å²) in [5.74, 6) is -1.84. The lowest BCUT2D eigenvalue weighted by molar-refractivity contribution is 0.200. The molecule has 1 aliphatic rings. The molecule has 0 spiro atoms. The van der Waals surface area contributed by atoms with E-state index < -0.39 is 23.8 Å². The van der Waals surface area contributed by atoms with Crippen LogP contribution in [0, 0.1) is 23.4 Å². The van der Waals surface area contributed by atoms with Gasteiger partial charge >= 0.3 is 0 Å². The van der Waals surface area contributed by atoms with E-state index in [1.165, 1.54) is 25.7 Å². The molecule has 174 valence electrons. The van der Waals surface area contributed by atoms with Crippen LogP contribution in [0.4, 0.5) is 22.0 Å². The Bertz CT molecular complexity index is 893. The van der Waals surface area contributed by atoms with E-state index in [4.69, 9.17) is 0 Å². The molecule has 0 atom stereocenters. The van der Waals surface area contributed by atoms with E-state index in [0.717, 1.165) is 36.5 Å². The van der Waals surface area contributed by atoms with E-state index in [1.54, 1.807) is 12.1 Å². The molecular formula is C26H29F5O. The van der Waals surface area contributed by atoms with Gasteiger partial charge in [-0.15, -0.1) is 0 Å². The molecule has 0 saturated heterocycles. The molecule has 0 N–H and O–H groups in total. The minimum atomic E-state index is -2.78. The second-order valence-electron chi connectivity index (χ2n) is 8.53. The summed E-state index contributed by atoms with van der Waals surface area (Å²) in [6.07, 6.45) is 5.71. The van der Waals surface area contributed by atoms with Gasteiger partial charge in [-0.3, -0.25) is 0 Å². The fraction of sp³-hybridized carbons (Fsp3) is 0.462. The van der Waals surface area contributed by atoms with Crippen molar-refractivity contribution in [3.8, 4) is 5.75 Å². The second-order valence-corrected chi connectivity index (χ2v) is 8.53. The molecule has 0 amide bonds. The average molecular weight is 453 g/mol. The minimum absolute atomic E-state index is 0.236. The van der Waals surface area contributed by atoms with Gasteiger partial charge in [0.05, 0.1) is 6.26 Å². The van der Waals surface area contributed by atoms with E-state index in [1.807, 2.05) is 6.07 Å². The van der Waals surface area contributed by atoms with Crippen molar-refractivity contribution in [2.24, 2.45) is 5.92 Å². The summed E-state index contributed by atoms with van der Waals surface area (Å²) < 4.78 is 71.7. The number of benzene rings is 2. The SMILES string of the molecule is CCCC1CCC(c2ccc(CCc3cc(F)c(OC=CC(F)F)c(F)c3)c(F)c2)CC1. The monoisotopic (exact) mass is 452 g/mol. The summed E-state index contributed by atoms with van der Waals surface area (Å²) in [7, 11) is 0. The van der Waals surface area contributed by atoms with Crippen molar-refractivity contribution >= 4 is 0 Å². The highest BCUT2D eigenvalue weighted by Crippen LogP contribution is 2.38. The van der Waals surface area contributed by atoms with E-state index >= 15 is 0 Å². The van der Waals surface area contributed by atoms with Crippen LogP contribution in [0.5, 0.6) is 5.75 Å². The third-order valence-electron chi connectivity index (χ3n) is 6.24. The number of ether oxygens (including phenoxy) is 1. The molecule has 0 aromatic heterocycles. The molecule has 1 aliphatic carbocycles. The zero-order valence-corrected chi connectivity index (χ0v) is 18.2. The first-order valence-electron chi connectivity index (χ1n) is 11.2. The smallest absolute Gasteiger partial charge is 0.260 e. The van der Waals surface area contributed by atoms with Crippen molar-refractivity contribution in [2.45, 2.75) is 70.6 Å². The van der Waals surface area contributed by atoms with Crippen LogP contribution in [0.25, 0.3) is 0 Å². The molecule has 1 nitrogen and oxygen atoms in total. The predicted molar refractivity (Wildman–Crippen MR) is 116 cm³/mol. The van der Waals surface area contributed by atoms with Crippen molar-refractivity contribution in [3.63, 3.8) is 0 Å².